The monoisotopic (exact) mass is 279 g/mol. The number of hydrogen-bond donors (Lipinski definition) is 1. The second kappa shape index (κ2) is 5.91. The molecule has 1 N–H and O–H groups in total. The van der Waals surface area contributed by atoms with E-state index in [-0.39, 0.29) is 6.61 Å². The van der Waals surface area contributed by atoms with Crippen molar-refractivity contribution in [1.82, 2.24) is 0 Å². The molecule has 1 saturated heterocycles. The van der Waals surface area contributed by atoms with Gasteiger partial charge in [0.05, 0.1) is 12.8 Å². The van der Waals surface area contributed by atoms with E-state index < -0.39 is 17.5 Å². The van der Waals surface area contributed by atoms with E-state index in [1.807, 2.05) is 37.3 Å². The van der Waals surface area contributed by atoms with E-state index in [4.69, 9.17) is 14.3 Å². The van der Waals surface area contributed by atoms with Crippen LogP contribution in [0.15, 0.2) is 35.5 Å². The summed E-state index contributed by atoms with van der Waals surface area (Å²) in [5.41, 5.74) is 0.243. The van der Waals surface area contributed by atoms with Gasteiger partial charge in [0.15, 0.2) is 5.79 Å². The minimum absolute atomic E-state index is 0.134. The number of aliphatic hydroxyl groups excluding tert-OH is 1. The Bertz CT molecular complexity index is 460. The first-order valence-electron chi connectivity index (χ1n) is 6.64. The molecule has 0 saturated carbocycles. The first-order chi connectivity index (χ1) is 9.45. The van der Waals surface area contributed by atoms with Crippen LogP contribution in [0, 0.1) is 0 Å². The molecular formula is C15H21NO4. The number of benzene rings is 1. The van der Waals surface area contributed by atoms with Gasteiger partial charge in [0.1, 0.15) is 18.3 Å². The van der Waals surface area contributed by atoms with E-state index in [0.29, 0.717) is 6.61 Å². The van der Waals surface area contributed by atoms with Gasteiger partial charge in [-0.1, -0.05) is 35.5 Å². The Morgan fingerprint density at radius 1 is 1.30 bits per heavy atom. The van der Waals surface area contributed by atoms with Gasteiger partial charge in [0.25, 0.3) is 0 Å². The van der Waals surface area contributed by atoms with E-state index in [1.54, 1.807) is 20.1 Å². The van der Waals surface area contributed by atoms with Crippen LogP contribution in [-0.2, 0) is 20.9 Å². The zero-order chi connectivity index (χ0) is 14.6. The zero-order valence-corrected chi connectivity index (χ0v) is 12.1. The number of rotatable bonds is 5. The highest BCUT2D eigenvalue weighted by atomic mass is 16.8. The molecule has 1 aromatic carbocycles. The summed E-state index contributed by atoms with van der Waals surface area (Å²) in [5, 5.41) is 13.3. The summed E-state index contributed by atoms with van der Waals surface area (Å²) in [6.45, 7) is 5.68. The largest absolute Gasteiger partial charge is 0.394 e. The summed E-state index contributed by atoms with van der Waals surface area (Å²) in [4.78, 5) is 5.26. The van der Waals surface area contributed by atoms with Gasteiger partial charge in [-0.3, -0.25) is 0 Å². The third kappa shape index (κ3) is 3.56. The van der Waals surface area contributed by atoms with Crippen LogP contribution in [0.4, 0.5) is 0 Å². The molecule has 1 aliphatic heterocycles. The van der Waals surface area contributed by atoms with E-state index >= 15 is 0 Å². The number of oxime groups is 1. The van der Waals surface area contributed by atoms with Gasteiger partial charge in [-0.25, -0.2) is 0 Å². The van der Waals surface area contributed by atoms with Crippen LogP contribution in [0.5, 0.6) is 0 Å². The second-order valence-electron chi connectivity index (χ2n) is 5.47. The lowest BCUT2D eigenvalue weighted by Gasteiger charge is -2.22. The van der Waals surface area contributed by atoms with Gasteiger partial charge in [-0.15, -0.1) is 0 Å². The molecule has 1 heterocycles. The normalized spacial score (nSPS) is 28.9. The standard InChI is InChI=1S/C15H21NO4/c1-14(2)19-13(9-17)15(3,20-14)11-16-18-10-12-7-5-4-6-8-12/h4-8,11,13,17H,9-10H2,1-3H3/b16-11+/t13-,15-/m1/s1. The van der Waals surface area contributed by atoms with Crippen LogP contribution in [0.25, 0.3) is 0 Å². The lowest BCUT2D eigenvalue weighted by Crippen LogP contribution is -2.40. The lowest BCUT2D eigenvalue weighted by atomic mass is 10.0. The van der Waals surface area contributed by atoms with Crippen LogP contribution in [-0.4, -0.2) is 35.4 Å². The Kier molecular flexibility index (Phi) is 4.42. The highest BCUT2D eigenvalue weighted by Gasteiger charge is 2.49. The molecule has 1 fully saturated rings. The first kappa shape index (κ1) is 15.0. The van der Waals surface area contributed by atoms with Crippen molar-refractivity contribution in [2.45, 2.75) is 44.9 Å². The van der Waals surface area contributed by atoms with Crippen molar-refractivity contribution in [1.29, 1.82) is 0 Å². The highest BCUT2D eigenvalue weighted by molar-refractivity contribution is 5.69. The quantitative estimate of drug-likeness (QED) is 0.662. The topological polar surface area (TPSA) is 60.3 Å². The molecule has 1 aromatic rings. The van der Waals surface area contributed by atoms with Crippen molar-refractivity contribution in [3.8, 4) is 0 Å². The Morgan fingerprint density at radius 3 is 2.65 bits per heavy atom. The van der Waals surface area contributed by atoms with Crippen molar-refractivity contribution in [2.75, 3.05) is 6.61 Å². The smallest absolute Gasteiger partial charge is 0.164 e. The van der Waals surface area contributed by atoms with Gasteiger partial charge in [0, 0.05) is 0 Å². The van der Waals surface area contributed by atoms with Crippen molar-refractivity contribution in [2.24, 2.45) is 5.16 Å². The van der Waals surface area contributed by atoms with Gasteiger partial charge >= 0.3 is 0 Å². The number of ether oxygens (including phenoxy) is 2. The van der Waals surface area contributed by atoms with Crippen molar-refractivity contribution < 1.29 is 19.4 Å². The molecule has 0 radical (unpaired) electrons. The Morgan fingerprint density at radius 2 is 2.00 bits per heavy atom. The second-order valence-corrected chi connectivity index (χ2v) is 5.47. The van der Waals surface area contributed by atoms with E-state index in [0.717, 1.165) is 5.56 Å². The third-order valence-corrected chi connectivity index (χ3v) is 3.15. The molecule has 0 aromatic heterocycles. The third-order valence-electron chi connectivity index (χ3n) is 3.15. The van der Waals surface area contributed by atoms with Gasteiger partial charge < -0.3 is 19.4 Å². The van der Waals surface area contributed by atoms with Gasteiger partial charge in [-0.05, 0) is 26.3 Å². The van der Waals surface area contributed by atoms with Crippen LogP contribution < -0.4 is 0 Å². The summed E-state index contributed by atoms with van der Waals surface area (Å²) in [6.07, 6.45) is 1.09. The van der Waals surface area contributed by atoms with Crippen LogP contribution in [0.3, 0.4) is 0 Å². The predicted octanol–water partition coefficient (Wildman–Crippen LogP) is 2.09. The molecule has 2 atom stereocenters. The molecule has 0 unspecified atom stereocenters. The summed E-state index contributed by atoms with van der Waals surface area (Å²) < 4.78 is 11.4. The summed E-state index contributed by atoms with van der Waals surface area (Å²) in [6, 6.07) is 9.77. The van der Waals surface area contributed by atoms with E-state index in [9.17, 15) is 5.11 Å². The molecule has 5 heteroatoms. The molecule has 5 nitrogen and oxygen atoms in total. The predicted molar refractivity (Wildman–Crippen MR) is 75.3 cm³/mol. The number of nitrogens with zero attached hydrogens (tertiary/aromatic N) is 1. The fraction of sp³-hybridized carbons (Fsp3) is 0.533. The van der Waals surface area contributed by atoms with Crippen LogP contribution in [0.1, 0.15) is 26.3 Å². The fourth-order valence-corrected chi connectivity index (χ4v) is 2.23. The molecule has 2 rings (SSSR count). The van der Waals surface area contributed by atoms with E-state index in [1.165, 1.54) is 0 Å². The molecule has 0 aliphatic carbocycles. The van der Waals surface area contributed by atoms with Gasteiger partial charge in [0.2, 0.25) is 0 Å². The SMILES string of the molecule is CC1(C)O[C@H](CO)[C@@](C)(/C=N/OCc2ccccc2)O1. The molecule has 1 aliphatic rings. The Labute approximate surface area is 119 Å². The van der Waals surface area contributed by atoms with E-state index in [2.05, 4.69) is 5.16 Å². The first-order valence-corrected chi connectivity index (χ1v) is 6.64. The van der Waals surface area contributed by atoms with Crippen molar-refractivity contribution >= 4 is 6.21 Å². The van der Waals surface area contributed by atoms with Crippen LogP contribution in [0.2, 0.25) is 0 Å². The number of hydrogen-bond acceptors (Lipinski definition) is 5. The fourth-order valence-electron chi connectivity index (χ4n) is 2.23. The molecule has 20 heavy (non-hydrogen) atoms. The lowest BCUT2D eigenvalue weighted by molar-refractivity contribution is -0.152. The maximum atomic E-state index is 9.36. The zero-order valence-electron chi connectivity index (χ0n) is 12.1. The Balaban J connectivity index is 1.93. The molecule has 0 bridgehead atoms. The summed E-state index contributed by atoms with van der Waals surface area (Å²) in [5.74, 6) is -0.742. The molecule has 0 amide bonds. The molecule has 110 valence electrons. The van der Waals surface area contributed by atoms with Crippen LogP contribution >= 0.6 is 0 Å². The average Bonchev–Trinajstić information content (AvgIpc) is 2.65. The maximum absolute atomic E-state index is 9.36. The van der Waals surface area contributed by atoms with Crippen molar-refractivity contribution in [3.05, 3.63) is 35.9 Å². The minimum Gasteiger partial charge on any atom is -0.394 e. The van der Waals surface area contributed by atoms with Gasteiger partial charge in [-0.2, -0.15) is 0 Å². The molecular weight excluding hydrogens is 258 g/mol. The maximum Gasteiger partial charge on any atom is 0.164 e. The Hall–Kier alpha value is -1.43. The summed E-state index contributed by atoms with van der Waals surface area (Å²) in [7, 11) is 0. The average molecular weight is 279 g/mol. The summed E-state index contributed by atoms with van der Waals surface area (Å²) >= 11 is 0. The minimum atomic E-state index is -0.797. The highest BCUT2D eigenvalue weighted by Crippen LogP contribution is 2.34. The molecule has 0 spiro atoms. The number of aliphatic hydroxyl groups is 1. The van der Waals surface area contributed by atoms with Crippen molar-refractivity contribution in [3.63, 3.8) is 0 Å².